The van der Waals surface area contributed by atoms with Crippen LogP contribution in [0.2, 0.25) is 0 Å². The Labute approximate surface area is 136 Å². The molecule has 1 N–H and O–H groups in total. The lowest BCUT2D eigenvalue weighted by atomic mass is 10.0. The number of alkyl halides is 3. The first-order chi connectivity index (χ1) is 10.9. The van der Waals surface area contributed by atoms with E-state index in [0.29, 0.717) is 25.5 Å². The smallest absolute Gasteiger partial charge is 0.370 e. The zero-order valence-corrected chi connectivity index (χ0v) is 13.4. The van der Waals surface area contributed by atoms with Gasteiger partial charge in [-0.15, -0.1) is 11.3 Å². The van der Waals surface area contributed by atoms with Crippen molar-refractivity contribution < 1.29 is 13.2 Å². The van der Waals surface area contributed by atoms with Crippen molar-refractivity contribution in [2.75, 3.05) is 31.5 Å². The quantitative estimate of drug-likeness (QED) is 0.904. The number of aryl methyl sites for hydroxylation is 1. The van der Waals surface area contributed by atoms with E-state index in [9.17, 15) is 13.2 Å². The van der Waals surface area contributed by atoms with Crippen LogP contribution in [-0.4, -0.2) is 47.2 Å². The van der Waals surface area contributed by atoms with E-state index < -0.39 is 12.7 Å². The summed E-state index contributed by atoms with van der Waals surface area (Å²) in [5.41, 5.74) is 0.859. The van der Waals surface area contributed by atoms with Gasteiger partial charge in [-0.05, 0) is 18.4 Å². The molecule has 2 aromatic rings. The summed E-state index contributed by atoms with van der Waals surface area (Å²) in [6, 6.07) is 5.76. The van der Waals surface area contributed by atoms with E-state index in [1.54, 1.807) is 11.3 Å². The van der Waals surface area contributed by atoms with Crippen molar-refractivity contribution in [3.05, 3.63) is 29.3 Å². The summed E-state index contributed by atoms with van der Waals surface area (Å²) in [5.74, 6) is 1.61. The van der Waals surface area contributed by atoms with Crippen molar-refractivity contribution in [3.63, 3.8) is 0 Å². The number of thiophene rings is 1. The van der Waals surface area contributed by atoms with Gasteiger partial charge in [-0.3, -0.25) is 4.90 Å². The van der Waals surface area contributed by atoms with Crippen LogP contribution in [-0.2, 0) is 0 Å². The molecule has 0 atom stereocenters. The highest BCUT2D eigenvalue weighted by Crippen LogP contribution is 2.25. The molecule has 0 unspecified atom stereocenters. The molecule has 0 radical (unpaired) electrons. The Balaban J connectivity index is 1.54. The molecule has 2 aromatic heterocycles. The highest BCUT2D eigenvalue weighted by atomic mass is 32.1. The SMILES string of the molecule is Cc1cc(NCC2CN(CC(F)(F)F)C2)nc(-c2cccs2)n1. The van der Waals surface area contributed by atoms with Crippen LogP contribution in [0, 0.1) is 12.8 Å². The van der Waals surface area contributed by atoms with Gasteiger partial charge in [0.05, 0.1) is 11.4 Å². The summed E-state index contributed by atoms with van der Waals surface area (Å²) < 4.78 is 36.8. The number of likely N-dealkylation sites (tertiary alicyclic amines) is 1. The Morgan fingerprint density at radius 3 is 2.78 bits per heavy atom. The van der Waals surface area contributed by atoms with Crippen molar-refractivity contribution in [1.82, 2.24) is 14.9 Å². The van der Waals surface area contributed by atoms with Crippen molar-refractivity contribution >= 4 is 17.2 Å². The molecule has 4 nitrogen and oxygen atoms in total. The number of nitrogens with one attached hydrogen (secondary N) is 1. The maximum absolute atomic E-state index is 12.3. The van der Waals surface area contributed by atoms with E-state index in [2.05, 4.69) is 15.3 Å². The van der Waals surface area contributed by atoms with Gasteiger partial charge in [-0.25, -0.2) is 9.97 Å². The second-order valence-corrected chi connectivity index (χ2v) is 6.70. The third-order valence-corrected chi connectivity index (χ3v) is 4.47. The normalized spacial score (nSPS) is 16.3. The average molecular weight is 342 g/mol. The molecule has 3 rings (SSSR count). The minimum atomic E-state index is -4.11. The maximum Gasteiger partial charge on any atom is 0.401 e. The fourth-order valence-corrected chi connectivity index (χ4v) is 3.27. The highest BCUT2D eigenvalue weighted by Gasteiger charge is 2.36. The third kappa shape index (κ3) is 4.42. The van der Waals surface area contributed by atoms with E-state index in [1.807, 2.05) is 30.5 Å². The molecule has 0 amide bonds. The Morgan fingerprint density at radius 1 is 1.35 bits per heavy atom. The summed E-state index contributed by atoms with van der Waals surface area (Å²) in [6.07, 6.45) is -4.11. The third-order valence-electron chi connectivity index (χ3n) is 3.60. The second-order valence-electron chi connectivity index (χ2n) is 5.75. The lowest BCUT2D eigenvalue weighted by molar-refractivity contribution is -0.157. The molecule has 8 heteroatoms. The van der Waals surface area contributed by atoms with Crippen molar-refractivity contribution in [2.45, 2.75) is 13.1 Å². The van der Waals surface area contributed by atoms with Crippen molar-refractivity contribution in [1.29, 1.82) is 0 Å². The van der Waals surface area contributed by atoms with Gasteiger partial charge in [-0.1, -0.05) is 6.07 Å². The average Bonchev–Trinajstić information content (AvgIpc) is 2.93. The molecule has 1 aliphatic heterocycles. The summed E-state index contributed by atoms with van der Waals surface area (Å²) in [7, 11) is 0. The van der Waals surface area contributed by atoms with Crippen LogP contribution in [0.1, 0.15) is 5.69 Å². The van der Waals surface area contributed by atoms with Gasteiger partial charge < -0.3 is 5.32 Å². The number of anilines is 1. The number of halogens is 3. The van der Waals surface area contributed by atoms with Gasteiger partial charge in [0, 0.05) is 37.3 Å². The summed E-state index contributed by atoms with van der Waals surface area (Å²) in [4.78, 5) is 11.3. The topological polar surface area (TPSA) is 41.0 Å². The van der Waals surface area contributed by atoms with Crippen molar-refractivity contribution in [3.8, 4) is 10.7 Å². The first-order valence-corrected chi connectivity index (χ1v) is 8.19. The molecule has 3 heterocycles. The van der Waals surface area contributed by atoms with Gasteiger partial charge in [0.1, 0.15) is 5.82 Å². The summed E-state index contributed by atoms with van der Waals surface area (Å²) in [5, 5.41) is 5.19. The molecule has 23 heavy (non-hydrogen) atoms. The lowest BCUT2D eigenvalue weighted by Gasteiger charge is -2.39. The van der Waals surface area contributed by atoms with Gasteiger partial charge >= 0.3 is 6.18 Å². The minimum absolute atomic E-state index is 0.220. The molecular formula is C15H17F3N4S. The summed E-state index contributed by atoms with van der Waals surface area (Å²) >= 11 is 1.57. The monoisotopic (exact) mass is 342 g/mol. The van der Waals surface area contributed by atoms with Crippen LogP contribution >= 0.6 is 11.3 Å². The Morgan fingerprint density at radius 2 is 2.13 bits per heavy atom. The zero-order valence-electron chi connectivity index (χ0n) is 12.6. The number of aromatic nitrogens is 2. The molecule has 0 spiro atoms. The van der Waals surface area contributed by atoms with Crippen LogP contribution < -0.4 is 5.32 Å². The fraction of sp³-hybridized carbons (Fsp3) is 0.467. The van der Waals surface area contributed by atoms with E-state index in [4.69, 9.17) is 0 Å². The van der Waals surface area contributed by atoms with E-state index in [-0.39, 0.29) is 5.92 Å². The zero-order chi connectivity index (χ0) is 16.4. The first-order valence-electron chi connectivity index (χ1n) is 7.31. The van der Waals surface area contributed by atoms with Crippen LogP contribution in [0.5, 0.6) is 0 Å². The Kier molecular flexibility index (Phi) is 4.54. The van der Waals surface area contributed by atoms with Gasteiger partial charge in [0.15, 0.2) is 5.82 Å². The number of rotatable bonds is 5. The van der Waals surface area contributed by atoms with E-state index >= 15 is 0 Å². The number of hydrogen-bond acceptors (Lipinski definition) is 5. The van der Waals surface area contributed by atoms with Gasteiger partial charge in [0.25, 0.3) is 0 Å². The second kappa shape index (κ2) is 6.45. The standard InChI is InChI=1S/C15H17F3N4S/c1-10-5-13(21-14(20-10)12-3-2-4-23-12)19-6-11-7-22(8-11)9-15(16,17)18/h2-5,11H,6-9H2,1H3,(H,19,20,21). The maximum atomic E-state index is 12.3. The molecule has 1 saturated heterocycles. The fourth-order valence-electron chi connectivity index (χ4n) is 2.61. The molecule has 0 bridgehead atoms. The first kappa shape index (κ1) is 16.2. The predicted octanol–water partition coefficient (Wildman–Crippen LogP) is 3.42. The molecule has 124 valence electrons. The highest BCUT2D eigenvalue weighted by molar-refractivity contribution is 7.13. The van der Waals surface area contributed by atoms with Gasteiger partial charge in [-0.2, -0.15) is 13.2 Å². The molecule has 0 saturated carbocycles. The molecule has 1 fully saturated rings. The Bertz CT molecular complexity index is 651. The van der Waals surface area contributed by atoms with Crippen molar-refractivity contribution in [2.24, 2.45) is 5.92 Å². The van der Waals surface area contributed by atoms with E-state index in [1.165, 1.54) is 4.90 Å². The largest absolute Gasteiger partial charge is 0.401 e. The van der Waals surface area contributed by atoms with Crippen LogP contribution in [0.15, 0.2) is 23.6 Å². The molecular weight excluding hydrogens is 325 g/mol. The van der Waals surface area contributed by atoms with Crippen LogP contribution in [0.3, 0.4) is 0 Å². The molecule has 1 aliphatic rings. The van der Waals surface area contributed by atoms with Crippen LogP contribution in [0.25, 0.3) is 10.7 Å². The van der Waals surface area contributed by atoms with Gasteiger partial charge in [0.2, 0.25) is 0 Å². The number of hydrogen-bond donors (Lipinski definition) is 1. The molecule has 0 aliphatic carbocycles. The summed E-state index contributed by atoms with van der Waals surface area (Å²) in [6.45, 7) is 2.63. The Hall–Kier alpha value is -1.67. The van der Waals surface area contributed by atoms with Crippen LogP contribution in [0.4, 0.5) is 19.0 Å². The predicted molar refractivity (Wildman–Crippen MR) is 84.6 cm³/mol. The molecule has 0 aromatic carbocycles. The minimum Gasteiger partial charge on any atom is -0.370 e. The number of nitrogens with zero attached hydrogens (tertiary/aromatic N) is 3. The lowest BCUT2D eigenvalue weighted by Crippen LogP contribution is -2.52. The van der Waals surface area contributed by atoms with E-state index in [0.717, 1.165) is 16.4 Å².